The van der Waals surface area contributed by atoms with E-state index < -0.39 is 35.2 Å². The largest absolute Gasteiger partial charge is 0.366 e. The standard InChI is InChI=1S/C16H20F3N3O3.ClH/c1-2-6-22(16(24)12-8-20-5-7-25-12)9-13(23)21-11-4-3-10(17)14(18)15(11)19;/h3-4,12,20H,2,5-9H2,1H3,(H,21,23);1H. The van der Waals surface area contributed by atoms with E-state index in [1.807, 2.05) is 6.92 Å². The van der Waals surface area contributed by atoms with Crippen LogP contribution in [0.4, 0.5) is 18.9 Å². The summed E-state index contributed by atoms with van der Waals surface area (Å²) in [5, 5.41) is 5.18. The summed E-state index contributed by atoms with van der Waals surface area (Å²) < 4.78 is 45.1. The van der Waals surface area contributed by atoms with Crippen LogP contribution in [-0.2, 0) is 14.3 Å². The number of hydrogen-bond donors (Lipinski definition) is 2. The van der Waals surface area contributed by atoms with E-state index in [-0.39, 0.29) is 24.9 Å². The average molecular weight is 396 g/mol. The smallest absolute Gasteiger partial charge is 0.253 e. The summed E-state index contributed by atoms with van der Waals surface area (Å²) in [4.78, 5) is 25.8. The molecule has 1 aromatic rings. The number of carbonyl (C=O) groups excluding carboxylic acids is 2. The molecule has 1 heterocycles. The van der Waals surface area contributed by atoms with Crippen molar-refractivity contribution >= 4 is 29.9 Å². The van der Waals surface area contributed by atoms with Crippen molar-refractivity contribution in [2.24, 2.45) is 0 Å². The van der Waals surface area contributed by atoms with Gasteiger partial charge < -0.3 is 20.3 Å². The second-order valence-electron chi connectivity index (χ2n) is 5.59. The fourth-order valence-corrected chi connectivity index (χ4v) is 2.45. The van der Waals surface area contributed by atoms with Gasteiger partial charge in [0.1, 0.15) is 6.10 Å². The molecule has 2 rings (SSSR count). The van der Waals surface area contributed by atoms with E-state index in [1.54, 1.807) is 0 Å². The third kappa shape index (κ3) is 5.58. The number of rotatable bonds is 6. The summed E-state index contributed by atoms with van der Waals surface area (Å²) in [6.45, 7) is 3.19. The number of benzene rings is 1. The topological polar surface area (TPSA) is 70.7 Å². The number of halogens is 4. The Labute approximate surface area is 155 Å². The molecule has 2 N–H and O–H groups in total. The highest BCUT2D eigenvalue weighted by atomic mass is 35.5. The lowest BCUT2D eigenvalue weighted by Gasteiger charge is -2.29. The van der Waals surface area contributed by atoms with E-state index in [4.69, 9.17) is 4.74 Å². The Hall–Kier alpha value is -1.84. The molecule has 1 aliphatic heterocycles. The number of nitrogens with one attached hydrogen (secondary N) is 2. The Morgan fingerprint density at radius 3 is 2.65 bits per heavy atom. The van der Waals surface area contributed by atoms with Gasteiger partial charge in [-0.05, 0) is 18.6 Å². The Morgan fingerprint density at radius 1 is 1.31 bits per heavy atom. The van der Waals surface area contributed by atoms with Gasteiger partial charge in [-0.3, -0.25) is 9.59 Å². The Morgan fingerprint density at radius 2 is 2.04 bits per heavy atom. The fraction of sp³-hybridized carbons (Fsp3) is 0.500. The number of amides is 2. The predicted octanol–water partition coefficient (Wildman–Crippen LogP) is 1.69. The van der Waals surface area contributed by atoms with Crippen molar-refractivity contribution in [3.05, 3.63) is 29.6 Å². The third-order valence-electron chi connectivity index (χ3n) is 3.65. The van der Waals surface area contributed by atoms with Gasteiger partial charge in [-0.25, -0.2) is 13.2 Å². The van der Waals surface area contributed by atoms with Crippen LogP contribution in [0.2, 0.25) is 0 Å². The maximum atomic E-state index is 13.6. The molecule has 0 aromatic heterocycles. The maximum absolute atomic E-state index is 13.6. The van der Waals surface area contributed by atoms with Crippen LogP contribution in [0.25, 0.3) is 0 Å². The molecule has 1 saturated heterocycles. The molecular formula is C16H21ClF3N3O3. The van der Waals surface area contributed by atoms with Crippen molar-refractivity contribution in [1.82, 2.24) is 10.2 Å². The van der Waals surface area contributed by atoms with Crippen molar-refractivity contribution in [2.45, 2.75) is 19.4 Å². The number of nitrogens with zero attached hydrogens (tertiary/aromatic N) is 1. The van der Waals surface area contributed by atoms with Crippen LogP contribution in [0.15, 0.2) is 12.1 Å². The minimum absolute atomic E-state index is 0. The molecule has 0 radical (unpaired) electrons. The minimum Gasteiger partial charge on any atom is -0.366 e. The van der Waals surface area contributed by atoms with Gasteiger partial charge in [0.2, 0.25) is 5.91 Å². The third-order valence-corrected chi connectivity index (χ3v) is 3.65. The van der Waals surface area contributed by atoms with Crippen LogP contribution < -0.4 is 10.6 Å². The summed E-state index contributed by atoms with van der Waals surface area (Å²) >= 11 is 0. The van der Waals surface area contributed by atoms with E-state index in [9.17, 15) is 22.8 Å². The number of morpholine rings is 1. The molecule has 0 spiro atoms. The van der Waals surface area contributed by atoms with Crippen molar-refractivity contribution in [3.8, 4) is 0 Å². The highest BCUT2D eigenvalue weighted by molar-refractivity contribution is 5.95. The number of carbonyl (C=O) groups is 2. The lowest BCUT2D eigenvalue weighted by atomic mass is 10.2. The Bertz CT molecular complexity index is 643. The molecule has 1 aromatic carbocycles. The quantitative estimate of drug-likeness (QED) is 0.719. The lowest BCUT2D eigenvalue weighted by molar-refractivity contribution is -0.147. The zero-order valence-corrected chi connectivity index (χ0v) is 15.0. The zero-order valence-electron chi connectivity index (χ0n) is 14.2. The van der Waals surface area contributed by atoms with Gasteiger partial charge in [-0.2, -0.15) is 0 Å². The molecule has 2 amide bonds. The Kier molecular flexibility index (Phi) is 8.83. The van der Waals surface area contributed by atoms with E-state index in [0.29, 0.717) is 38.7 Å². The molecule has 1 aliphatic rings. The average Bonchev–Trinajstić information content (AvgIpc) is 2.62. The highest BCUT2D eigenvalue weighted by Gasteiger charge is 2.28. The van der Waals surface area contributed by atoms with Gasteiger partial charge in [-0.15, -0.1) is 12.4 Å². The summed E-state index contributed by atoms with van der Waals surface area (Å²) in [5.41, 5.74) is -0.483. The first-order valence-corrected chi connectivity index (χ1v) is 7.98. The fourth-order valence-electron chi connectivity index (χ4n) is 2.45. The van der Waals surface area contributed by atoms with Crippen LogP contribution >= 0.6 is 12.4 Å². The summed E-state index contributed by atoms with van der Waals surface area (Å²) in [6.07, 6.45) is -0.0771. The summed E-state index contributed by atoms with van der Waals surface area (Å²) in [5.74, 6) is -5.56. The molecule has 6 nitrogen and oxygen atoms in total. The molecular weight excluding hydrogens is 375 g/mol. The highest BCUT2D eigenvalue weighted by Crippen LogP contribution is 2.19. The zero-order chi connectivity index (χ0) is 18.4. The van der Waals surface area contributed by atoms with Gasteiger partial charge in [0.25, 0.3) is 5.91 Å². The van der Waals surface area contributed by atoms with E-state index >= 15 is 0 Å². The van der Waals surface area contributed by atoms with Crippen LogP contribution in [-0.4, -0.2) is 55.6 Å². The van der Waals surface area contributed by atoms with Crippen LogP contribution in [0.5, 0.6) is 0 Å². The van der Waals surface area contributed by atoms with E-state index in [2.05, 4.69) is 10.6 Å². The van der Waals surface area contributed by atoms with Gasteiger partial charge in [-0.1, -0.05) is 6.92 Å². The maximum Gasteiger partial charge on any atom is 0.253 e. The normalized spacial score (nSPS) is 16.5. The summed E-state index contributed by atoms with van der Waals surface area (Å²) in [7, 11) is 0. The molecule has 10 heteroatoms. The van der Waals surface area contributed by atoms with Gasteiger partial charge in [0.15, 0.2) is 17.5 Å². The molecule has 0 aliphatic carbocycles. The van der Waals surface area contributed by atoms with Gasteiger partial charge >= 0.3 is 0 Å². The van der Waals surface area contributed by atoms with Crippen molar-refractivity contribution in [2.75, 3.05) is 38.1 Å². The number of ether oxygens (including phenoxy) is 1. The summed E-state index contributed by atoms with van der Waals surface area (Å²) in [6, 6.07) is 1.64. The number of anilines is 1. The van der Waals surface area contributed by atoms with Gasteiger partial charge in [0, 0.05) is 19.6 Å². The monoisotopic (exact) mass is 395 g/mol. The molecule has 26 heavy (non-hydrogen) atoms. The molecule has 1 atom stereocenters. The van der Waals surface area contributed by atoms with Crippen molar-refractivity contribution in [3.63, 3.8) is 0 Å². The SMILES string of the molecule is CCCN(CC(=O)Nc1ccc(F)c(F)c1F)C(=O)C1CNCCO1.Cl. The molecule has 1 fully saturated rings. The Balaban J connectivity index is 0.00000338. The molecule has 0 saturated carbocycles. The first kappa shape index (κ1) is 22.2. The van der Waals surface area contributed by atoms with E-state index in [1.165, 1.54) is 4.90 Å². The molecule has 146 valence electrons. The minimum atomic E-state index is -1.67. The van der Waals surface area contributed by atoms with Crippen LogP contribution in [0, 0.1) is 17.5 Å². The second-order valence-corrected chi connectivity index (χ2v) is 5.59. The first-order valence-electron chi connectivity index (χ1n) is 7.98. The van der Waals surface area contributed by atoms with Gasteiger partial charge in [0.05, 0.1) is 18.8 Å². The predicted molar refractivity (Wildman–Crippen MR) is 91.7 cm³/mol. The lowest BCUT2D eigenvalue weighted by Crippen LogP contribution is -2.51. The van der Waals surface area contributed by atoms with Crippen molar-refractivity contribution < 1.29 is 27.5 Å². The second kappa shape index (κ2) is 10.3. The van der Waals surface area contributed by atoms with Crippen molar-refractivity contribution in [1.29, 1.82) is 0 Å². The van der Waals surface area contributed by atoms with Crippen LogP contribution in [0.1, 0.15) is 13.3 Å². The number of hydrogen-bond acceptors (Lipinski definition) is 4. The molecule has 1 unspecified atom stereocenters. The molecule has 0 bridgehead atoms. The van der Waals surface area contributed by atoms with Crippen LogP contribution in [0.3, 0.4) is 0 Å². The van der Waals surface area contributed by atoms with E-state index in [0.717, 1.165) is 6.07 Å². The first-order chi connectivity index (χ1) is 11.9.